The molecule has 4 heteroatoms. The maximum Gasteiger partial charge on any atom is 0.235 e. The molecular formula is C44H25N3O. The van der Waals surface area contributed by atoms with Crippen molar-refractivity contribution in [3.63, 3.8) is 0 Å². The molecule has 48 heavy (non-hydrogen) atoms. The molecule has 10 aromatic rings. The van der Waals surface area contributed by atoms with Gasteiger partial charge < -0.3 is 4.42 Å². The van der Waals surface area contributed by atoms with Crippen LogP contribution in [0.1, 0.15) is 0 Å². The van der Waals surface area contributed by atoms with Crippen molar-refractivity contribution in [2.75, 3.05) is 0 Å². The maximum atomic E-state index is 6.36. The first-order valence-corrected chi connectivity index (χ1v) is 16.3. The average Bonchev–Trinajstić information content (AvgIpc) is 3.80. The van der Waals surface area contributed by atoms with Gasteiger partial charge in [0.25, 0.3) is 0 Å². The van der Waals surface area contributed by atoms with Crippen LogP contribution in [0.4, 0.5) is 0 Å². The van der Waals surface area contributed by atoms with Crippen molar-refractivity contribution in [1.29, 1.82) is 0 Å². The molecule has 0 bridgehead atoms. The van der Waals surface area contributed by atoms with Gasteiger partial charge in [0.05, 0.1) is 22.4 Å². The first kappa shape index (κ1) is 25.6. The van der Waals surface area contributed by atoms with Crippen LogP contribution in [0.25, 0.3) is 105 Å². The van der Waals surface area contributed by atoms with Crippen LogP contribution in [0.3, 0.4) is 0 Å². The molecule has 0 unspecified atom stereocenters. The zero-order chi connectivity index (χ0) is 31.3. The molecular weight excluding hydrogens is 587 g/mol. The van der Waals surface area contributed by atoms with E-state index < -0.39 is 0 Å². The quantitative estimate of drug-likeness (QED) is 0.200. The molecule has 1 aliphatic carbocycles. The number of aromatic nitrogens is 3. The Labute approximate surface area is 275 Å². The van der Waals surface area contributed by atoms with E-state index in [1.807, 2.05) is 12.1 Å². The number of rotatable bonds is 3. The molecule has 4 nitrogen and oxygen atoms in total. The lowest BCUT2D eigenvalue weighted by atomic mass is 9.99. The van der Waals surface area contributed by atoms with Crippen molar-refractivity contribution >= 4 is 54.5 Å². The van der Waals surface area contributed by atoms with Gasteiger partial charge in [-0.15, -0.1) is 0 Å². The van der Waals surface area contributed by atoms with Gasteiger partial charge >= 0.3 is 0 Å². The van der Waals surface area contributed by atoms with E-state index in [1.54, 1.807) is 0 Å². The molecule has 0 spiro atoms. The third kappa shape index (κ3) is 3.43. The number of benzene rings is 7. The molecule has 0 fully saturated rings. The van der Waals surface area contributed by atoms with E-state index in [9.17, 15) is 0 Å². The second-order valence-corrected chi connectivity index (χ2v) is 12.5. The summed E-state index contributed by atoms with van der Waals surface area (Å²) in [6, 6.07) is 53.4. The molecule has 0 saturated carbocycles. The minimum Gasteiger partial charge on any atom is -0.455 e. The second kappa shape index (κ2) is 9.50. The first-order valence-electron chi connectivity index (χ1n) is 16.3. The topological polar surface area (TPSA) is 43.9 Å². The van der Waals surface area contributed by atoms with Crippen molar-refractivity contribution in [2.45, 2.75) is 0 Å². The van der Waals surface area contributed by atoms with Gasteiger partial charge in [-0.05, 0) is 40.1 Å². The van der Waals surface area contributed by atoms with Crippen LogP contribution in [-0.2, 0) is 0 Å². The number of para-hydroxylation sites is 4. The van der Waals surface area contributed by atoms with Crippen LogP contribution in [0.2, 0.25) is 0 Å². The van der Waals surface area contributed by atoms with Gasteiger partial charge in [-0.25, -0.2) is 9.97 Å². The molecule has 11 rings (SSSR count). The van der Waals surface area contributed by atoms with Gasteiger partial charge in [0.2, 0.25) is 5.95 Å². The number of hydrogen-bond acceptors (Lipinski definition) is 3. The Kier molecular flexibility index (Phi) is 5.08. The summed E-state index contributed by atoms with van der Waals surface area (Å²) in [5, 5.41) is 7.03. The molecule has 3 aromatic heterocycles. The van der Waals surface area contributed by atoms with Crippen LogP contribution in [-0.4, -0.2) is 14.5 Å². The van der Waals surface area contributed by atoms with Crippen molar-refractivity contribution in [3.05, 3.63) is 152 Å². The van der Waals surface area contributed by atoms with Crippen LogP contribution in [0, 0.1) is 0 Å². The highest BCUT2D eigenvalue weighted by Gasteiger charge is 2.30. The zero-order valence-electron chi connectivity index (χ0n) is 25.7. The standard InChI is InChI=1S/C44H25N3O/c1-4-19-36-32(13-1)41(28-24-22-26(23-25-28)29-15-9-16-31-30-12-3-6-21-38(30)48-43(29)31)46-44(45-36)47-37-20-5-2-14-33(37)40-34-17-7-10-27-11-8-18-35(39(27)34)42(40)47/h1-25H. The van der Waals surface area contributed by atoms with E-state index in [1.165, 1.54) is 32.8 Å². The first-order chi connectivity index (χ1) is 23.8. The van der Waals surface area contributed by atoms with E-state index >= 15 is 0 Å². The van der Waals surface area contributed by atoms with Crippen LogP contribution < -0.4 is 0 Å². The fourth-order valence-corrected chi connectivity index (χ4v) is 7.89. The van der Waals surface area contributed by atoms with Crippen molar-refractivity contribution in [1.82, 2.24) is 14.5 Å². The summed E-state index contributed by atoms with van der Waals surface area (Å²) in [5.41, 5.74) is 12.8. The Balaban J connectivity index is 1.12. The Morgan fingerprint density at radius 2 is 1.15 bits per heavy atom. The highest BCUT2D eigenvalue weighted by Crippen LogP contribution is 2.52. The maximum absolute atomic E-state index is 6.36. The lowest BCUT2D eigenvalue weighted by molar-refractivity contribution is 0.670. The van der Waals surface area contributed by atoms with Crippen LogP contribution in [0.5, 0.6) is 0 Å². The number of nitrogens with zero attached hydrogens (tertiary/aromatic N) is 3. The van der Waals surface area contributed by atoms with Crippen LogP contribution in [0.15, 0.2) is 156 Å². The largest absolute Gasteiger partial charge is 0.455 e. The summed E-state index contributed by atoms with van der Waals surface area (Å²) in [6.07, 6.45) is 0. The Hall–Kier alpha value is -6.52. The summed E-state index contributed by atoms with van der Waals surface area (Å²) in [5.74, 6) is 0.669. The number of hydrogen-bond donors (Lipinski definition) is 0. The van der Waals surface area contributed by atoms with Gasteiger partial charge in [0.1, 0.15) is 11.2 Å². The predicted octanol–water partition coefficient (Wildman–Crippen LogP) is 11.6. The van der Waals surface area contributed by atoms with E-state index in [-0.39, 0.29) is 0 Å². The molecule has 0 saturated heterocycles. The fourth-order valence-electron chi connectivity index (χ4n) is 7.89. The molecule has 0 N–H and O–H groups in total. The lowest BCUT2D eigenvalue weighted by Gasteiger charge is -2.14. The summed E-state index contributed by atoms with van der Waals surface area (Å²) in [7, 11) is 0. The summed E-state index contributed by atoms with van der Waals surface area (Å²) >= 11 is 0. The fraction of sp³-hybridized carbons (Fsp3) is 0. The van der Waals surface area contributed by atoms with Crippen molar-refractivity contribution in [3.8, 4) is 50.7 Å². The molecule has 0 aliphatic heterocycles. The molecule has 3 heterocycles. The summed E-state index contributed by atoms with van der Waals surface area (Å²) in [6.45, 7) is 0. The predicted molar refractivity (Wildman–Crippen MR) is 196 cm³/mol. The summed E-state index contributed by atoms with van der Waals surface area (Å²) < 4.78 is 8.63. The van der Waals surface area contributed by atoms with Crippen LogP contribution >= 0.6 is 0 Å². The van der Waals surface area contributed by atoms with Gasteiger partial charge in [-0.3, -0.25) is 4.57 Å². The third-order valence-electron chi connectivity index (χ3n) is 9.97. The molecule has 222 valence electrons. The Morgan fingerprint density at radius 3 is 2.02 bits per heavy atom. The smallest absolute Gasteiger partial charge is 0.235 e. The number of fused-ring (bicyclic) bond motifs is 9. The van der Waals surface area contributed by atoms with Gasteiger partial charge in [0, 0.05) is 43.8 Å². The SMILES string of the molecule is c1cc2c3c(cccc3c1)-c1c-2c2ccccc2n1-c1nc(-c2ccc(-c3cccc4c3oc3ccccc34)cc2)c2ccccc2n1. The van der Waals surface area contributed by atoms with E-state index in [0.717, 1.165) is 66.4 Å². The molecule has 0 amide bonds. The highest BCUT2D eigenvalue weighted by molar-refractivity contribution is 6.22. The molecule has 7 aromatic carbocycles. The third-order valence-corrected chi connectivity index (χ3v) is 9.97. The molecule has 1 aliphatic rings. The number of furan rings is 1. The van der Waals surface area contributed by atoms with Gasteiger partial charge in [-0.1, -0.05) is 133 Å². The van der Waals surface area contributed by atoms with E-state index in [4.69, 9.17) is 14.4 Å². The van der Waals surface area contributed by atoms with Gasteiger partial charge in [-0.2, -0.15) is 0 Å². The Morgan fingerprint density at radius 1 is 0.479 bits per heavy atom. The second-order valence-electron chi connectivity index (χ2n) is 12.5. The minimum absolute atomic E-state index is 0.669. The monoisotopic (exact) mass is 611 g/mol. The highest BCUT2D eigenvalue weighted by atomic mass is 16.3. The molecule has 0 radical (unpaired) electrons. The van der Waals surface area contributed by atoms with Crippen molar-refractivity contribution in [2.24, 2.45) is 0 Å². The normalized spacial score (nSPS) is 12.2. The van der Waals surface area contributed by atoms with Crippen molar-refractivity contribution < 1.29 is 4.42 Å². The Bertz CT molecular complexity index is 2940. The van der Waals surface area contributed by atoms with Gasteiger partial charge in [0.15, 0.2) is 0 Å². The zero-order valence-corrected chi connectivity index (χ0v) is 25.7. The average molecular weight is 612 g/mol. The lowest BCUT2D eigenvalue weighted by Crippen LogP contribution is -2.04. The van der Waals surface area contributed by atoms with E-state index in [0.29, 0.717) is 5.95 Å². The van der Waals surface area contributed by atoms with E-state index in [2.05, 4.69) is 144 Å². The molecule has 0 atom stereocenters. The summed E-state index contributed by atoms with van der Waals surface area (Å²) in [4.78, 5) is 10.6. The minimum atomic E-state index is 0.669.